The maximum Gasteiger partial charge on any atom is 0.422 e. The van der Waals surface area contributed by atoms with Crippen molar-refractivity contribution >= 4 is 0 Å². The molecule has 158 valence electrons. The molecule has 0 radical (unpaired) electrons. The third-order valence-corrected chi connectivity index (χ3v) is 4.19. The highest BCUT2D eigenvalue weighted by atomic mass is 19.4. The molecule has 1 aliphatic heterocycles. The molecular formula is C20H22F3NO5. The summed E-state index contributed by atoms with van der Waals surface area (Å²) in [7, 11) is 1.53. The number of ether oxygens (including phenoxy) is 5. The monoisotopic (exact) mass is 413 g/mol. The zero-order chi connectivity index (χ0) is 20.9. The van der Waals surface area contributed by atoms with Crippen LogP contribution in [0.25, 0.3) is 11.3 Å². The largest absolute Gasteiger partial charge is 0.496 e. The standard InChI is InChI=1S/C20H22F3NO5/c1-13-7-14(29-12-20(21,22)23)3-4-17(13)18-8-15(25-2)9-19(24-18)28-11-16-10-26-5-6-27-16/h3-4,7-9,16H,5-6,10-12H2,1-2H3/t16-/m1/s1. The normalized spacial score (nSPS) is 17.1. The summed E-state index contributed by atoms with van der Waals surface area (Å²) >= 11 is 0. The average molecular weight is 413 g/mol. The first-order valence-electron chi connectivity index (χ1n) is 9.03. The minimum atomic E-state index is -4.39. The maximum absolute atomic E-state index is 12.3. The van der Waals surface area contributed by atoms with Crippen LogP contribution in [-0.4, -0.2) is 57.4 Å². The number of pyridine rings is 1. The van der Waals surface area contributed by atoms with E-state index >= 15 is 0 Å². The van der Waals surface area contributed by atoms with Gasteiger partial charge in [-0.05, 0) is 30.7 Å². The van der Waals surface area contributed by atoms with Gasteiger partial charge < -0.3 is 23.7 Å². The number of nitrogens with zero attached hydrogens (tertiary/aromatic N) is 1. The van der Waals surface area contributed by atoms with E-state index in [9.17, 15) is 13.2 Å². The Morgan fingerprint density at radius 3 is 2.59 bits per heavy atom. The molecule has 1 aromatic heterocycles. The van der Waals surface area contributed by atoms with Crippen molar-refractivity contribution in [1.82, 2.24) is 4.98 Å². The van der Waals surface area contributed by atoms with Crippen LogP contribution in [-0.2, 0) is 9.47 Å². The number of halogens is 3. The molecule has 0 spiro atoms. The van der Waals surface area contributed by atoms with E-state index in [0.717, 1.165) is 5.56 Å². The van der Waals surface area contributed by atoms with Gasteiger partial charge in [0.25, 0.3) is 0 Å². The number of aryl methyl sites for hydroxylation is 1. The third kappa shape index (κ3) is 6.23. The van der Waals surface area contributed by atoms with Gasteiger partial charge >= 0.3 is 6.18 Å². The molecule has 1 atom stereocenters. The topological polar surface area (TPSA) is 59.0 Å². The van der Waals surface area contributed by atoms with E-state index in [4.69, 9.17) is 23.7 Å². The van der Waals surface area contributed by atoms with E-state index in [1.165, 1.54) is 19.2 Å². The lowest BCUT2D eigenvalue weighted by Crippen LogP contribution is -2.33. The number of hydrogen-bond donors (Lipinski definition) is 0. The third-order valence-electron chi connectivity index (χ3n) is 4.19. The number of aromatic nitrogens is 1. The van der Waals surface area contributed by atoms with Gasteiger partial charge in [-0.1, -0.05) is 0 Å². The molecule has 29 heavy (non-hydrogen) atoms. The lowest BCUT2D eigenvalue weighted by molar-refractivity contribution is -0.153. The zero-order valence-corrected chi connectivity index (χ0v) is 16.1. The highest BCUT2D eigenvalue weighted by molar-refractivity contribution is 5.66. The first-order valence-corrected chi connectivity index (χ1v) is 9.03. The quantitative estimate of drug-likeness (QED) is 0.688. The Kier molecular flexibility index (Phi) is 6.81. The van der Waals surface area contributed by atoms with E-state index in [0.29, 0.717) is 42.7 Å². The van der Waals surface area contributed by atoms with Gasteiger partial charge in [-0.25, -0.2) is 4.98 Å². The number of rotatable bonds is 7. The Morgan fingerprint density at radius 2 is 1.93 bits per heavy atom. The molecule has 2 heterocycles. The summed E-state index contributed by atoms with van der Waals surface area (Å²) in [5, 5.41) is 0. The molecule has 0 N–H and O–H groups in total. The predicted octanol–water partition coefficient (Wildman–Crippen LogP) is 3.80. The molecule has 1 fully saturated rings. The van der Waals surface area contributed by atoms with E-state index in [2.05, 4.69) is 4.98 Å². The lowest BCUT2D eigenvalue weighted by Gasteiger charge is -2.22. The second-order valence-electron chi connectivity index (χ2n) is 6.49. The smallest absolute Gasteiger partial charge is 0.422 e. The first-order chi connectivity index (χ1) is 13.8. The summed E-state index contributed by atoms with van der Waals surface area (Å²) in [5.74, 6) is 1.03. The average Bonchev–Trinajstić information content (AvgIpc) is 2.71. The number of hydrogen-bond acceptors (Lipinski definition) is 6. The van der Waals surface area contributed by atoms with E-state index in [1.54, 1.807) is 25.1 Å². The van der Waals surface area contributed by atoms with Crippen molar-refractivity contribution in [2.75, 3.05) is 40.1 Å². The SMILES string of the molecule is COc1cc(OC[C@H]2COCCO2)nc(-c2ccc(OCC(F)(F)F)cc2C)c1. The molecule has 1 aromatic carbocycles. The zero-order valence-electron chi connectivity index (χ0n) is 16.1. The second kappa shape index (κ2) is 9.32. The van der Waals surface area contributed by atoms with Crippen molar-refractivity contribution in [3.8, 4) is 28.6 Å². The van der Waals surface area contributed by atoms with Crippen molar-refractivity contribution < 1.29 is 36.9 Å². The number of benzene rings is 1. The van der Waals surface area contributed by atoms with Crippen LogP contribution in [0.1, 0.15) is 5.56 Å². The highest BCUT2D eigenvalue weighted by Crippen LogP contribution is 2.31. The molecule has 0 aliphatic carbocycles. The van der Waals surface area contributed by atoms with Gasteiger partial charge in [0.2, 0.25) is 5.88 Å². The molecule has 1 aliphatic rings. The van der Waals surface area contributed by atoms with Crippen molar-refractivity contribution in [2.24, 2.45) is 0 Å². The van der Waals surface area contributed by atoms with Gasteiger partial charge in [-0.2, -0.15) is 13.2 Å². The van der Waals surface area contributed by atoms with E-state index in [1.807, 2.05) is 0 Å². The second-order valence-corrected chi connectivity index (χ2v) is 6.49. The summed E-state index contributed by atoms with van der Waals surface area (Å²) in [4.78, 5) is 4.49. The predicted molar refractivity (Wildman–Crippen MR) is 98.6 cm³/mol. The molecule has 1 saturated heterocycles. The van der Waals surface area contributed by atoms with Gasteiger partial charge in [0.15, 0.2) is 6.61 Å². The van der Waals surface area contributed by atoms with Crippen LogP contribution in [0.2, 0.25) is 0 Å². The van der Waals surface area contributed by atoms with Crippen LogP contribution in [0.3, 0.4) is 0 Å². The van der Waals surface area contributed by atoms with Crippen molar-refractivity contribution in [3.05, 3.63) is 35.9 Å². The summed E-state index contributed by atoms with van der Waals surface area (Å²) in [5.41, 5.74) is 2.01. The number of methoxy groups -OCH3 is 1. The molecule has 0 bridgehead atoms. The molecular weight excluding hydrogens is 391 g/mol. The van der Waals surface area contributed by atoms with E-state index < -0.39 is 12.8 Å². The molecule has 0 saturated carbocycles. The molecule has 6 nitrogen and oxygen atoms in total. The highest BCUT2D eigenvalue weighted by Gasteiger charge is 2.28. The fourth-order valence-corrected chi connectivity index (χ4v) is 2.80. The minimum Gasteiger partial charge on any atom is -0.496 e. The Hall–Kier alpha value is -2.52. The Morgan fingerprint density at radius 1 is 1.10 bits per heavy atom. The molecule has 2 aromatic rings. The summed E-state index contributed by atoms with van der Waals surface area (Å²) in [6, 6.07) is 8.05. The van der Waals surface area contributed by atoms with Crippen LogP contribution >= 0.6 is 0 Å². The summed E-state index contributed by atoms with van der Waals surface area (Å²) < 4.78 is 63.8. The van der Waals surface area contributed by atoms with Gasteiger partial charge in [0.05, 0.1) is 32.6 Å². The van der Waals surface area contributed by atoms with Crippen LogP contribution < -0.4 is 14.2 Å². The molecule has 0 amide bonds. The molecule has 9 heteroatoms. The van der Waals surface area contributed by atoms with Gasteiger partial charge in [-0.15, -0.1) is 0 Å². The van der Waals surface area contributed by atoms with Crippen LogP contribution in [0.4, 0.5) is 13.2 Å². The lowest BCUT2D eigenvalue weighted by atomic mass is 10.0. The van der Waals surface area contributed by atoms with E-state index in [-0.39, 0.29) is 18.5 Å². The molecule has 3 rings (SSSR count). The van der Waals surface area contributed by atoms with Crippen molar-refractivity contribution in [3.63, 3.8) is 0 Å². The van der Waals surface area contributed by atoms with Crippen molar-refractivity contribution in [2.45, 2.75) is 19.2 Å². The summed E-state index contributed by atoms with van der Waals surface area (Å²) in [6.07, 6.45) is -4.56. The minimum absolute atomic E-state index is 0.136. The van der Waals surface area contributed by atoms with Crippen LogP contribution in [0, 0.1) is 6.92 Å². The van der Waals surface area contributed by atoms with Gasteiger partial charge in [0, 0.05) is 17.7 Å². The number of alkyl halides is 3. The first kappa shape index (κ1) is 21.2. The summed E-state index contributed by atoms with van der Waals surface area (Å²) in [6.45, 7) is 2.25. The van der Waals surface area contributed by atoms with Gasteiger partial charge in [-0.3, -0.25) is 0 Å². The van der Waals surface area contributed by atoms with Crippen LogP contribution in [0.15, 0.2) is 30.3 Å². The Labute approximate surface area is 166 Å². The fraction of sp³-hybridized carbons (Fsp3) is 0.450. The van der Waals surface area contributed by atoms with Crippen LogP contribution in [0.5, 0.6) is 17.4 Å². The maximum atomic E-state index is 12.3. The fourth-order valence-electron chi connectivity index (χ4n) is 2.80. The Bertz CT molecular complexity index is 822. The van der Waals surface area contributed by atoms with Crippen molar-refractivity contribution in [1.29, 1.82) is 0 Å². The molecule has 0 unspecified atom stereocenters. The Balaban J connectivity index is 1.76. The van der Waals surface area contributed by atoms with Gasteiger partial charge in [0.1, 0.15) is 24.2 Å².